The average molecular weight is 431 g/mol. The van der Waals surface area contributed by atoms with Gasteiger partial charge in [-0.3, -0.25) is 18.4 Å². The Labute approximate surface area is 188 Å². The molecule has 0 bridgehead atoms. The maximum atomic E-state index is 12.9. The van der Waals surface area contributed by atoms with Gasteiger partial charge in [-0.2, -0.15) is 0 Å². The Kier molecular flexibility index (Phi) is 6.78. The molecule has 0 aliphatic heterocycles. The number of carbonyl (C=O) groups excluding carboxylic acids is 2. The molecule has 0 fully saturated rings. The van der Waals surface area contributed by atoms with E-state index in [1.165, 1.54) is 0 Å². The third-order valence-corrected chi connectivity index (χ3v) is 5.84. The summed E-state index contributed by atoms with van der Waals surface area (Å²) in [4.78, 5) is 35.4. The summed E-state index contributed by atoms with van der Waals surface area (Å²) in [5.41, 5.74) is 2.49. The molecule has 0 atom stereocenters. The molecule has 6 nitrogen and oxygen atoms in total. The molecule has 6 heteroatoms. The first kappa shape index (κ1) is 21.9. The van der Waals surface area contributed by atoms with E-state index in [1.807, 2.05) is 57.6 Å². The van der Waals surface area contributed by atoms with E-state index in [0.29, 0.717) is 35.9 Å². The molecule has 0 aliphatic rings. The third kappa shape index (κ3) is 4.22. The number of hydrogen-bond acceptors (Lipinski definition) is 4. The summed E-state index contributed by atoms with van der Waals surface area (Å²) in [6.07, 6.45) is 10.7. The first-order valence-corrected chi connectivity index (χ1v) is 11.7. The number of nitrogens with zero attached hydrogens (tertiary/aromatic N) is 4. The van der Waals surface area contributed by atoms with E-state index >= 15 is 0 Å². The molecule has 0 spiro atoms. The largest absolute Gasteiger partial charge is 0.296 e. The van der Waals surface area contributed by atoms with E-state index in [-0.39, 0.29) is 11.6 Å². The minimum absolute atomic E-state index is 0.0464. The lowest BCUT2D eigenvalue weighted by Crippen LogP contribution is -2.00. The number of carbonyl (C=O) groups is 2. The molecule has 0 unspecified atom stereocenters. The Morgan fingerprint density at radius 3 is 1.53 bits per heavy atom. The fraction of sp³-hybridized carbons (Fsp3) is 0.385. The van der Waals surface area contributed by atoms with E-state index in [1.54, 1.807) is 0 Å². The zero-order chi connectivity index (χ0) is 22.5. The highest BCUT2D eigenvalue weighted by Gasteiger charge is 2.24. The van der Waals surface area contributed by atoms with E-state index < -0.39 is 0 Å². The zero-order valence-corrected chi connectivity index (χ0v) is 18.9. The van der Waals surface area contributed by atoms with Crippen LogP contribution in [0.2, 0.25) is 0 Å². The fourth-order valence-corrected chi connectivity index (χ4v) is 4.11. The van der Waals surface area contributed by atoms with Gasteiger partial charge in [0.1, 0.15) is 11.4 Å². The number of pyridine rings is 2. The van der Waals surface area contributed by atoms with E-state index in [4.69, 9.17) is 9.97 Å². The van der Waals surface area contributed by atoms with Gasteiger partial charge in [-0.15, -0.1) is 0 Å². The smallest absolute Gasteiger partial charge is 0.183 e. The van der Waals surface area contributed by atoms with Gasteiger partial charge >= 0.3 is 0 Å². The van der Waals surface area contributed by atoms with Crippen LogP contribution in [-0.2, 0) is 0 Å². The summed E-state index contributed by atoms with van der Waals surface area (Å²) in [5.74, 6) is 1.25. The number of hydrogen-bond donors (Lipinski definition) is 0. The molecule has 4 aromatic rings. The minimum atomic E-state index is 0.0464. The standard InChI is InChI=1S/C26H30N4O2/c1-3-5-7-15-21(31)23-19-13-9-11-17-29(19)25(27-23)26-28-24(22(32)16-8-6-4-2)20-14-10-12-18-30(20)26/h9-14,17-18H,3-8,15-16H2,1-2H3. The van der Waals surface area contributed by atoms with Crippen LogP contribution < -0.4 is 0 Å². The van der Waals surface area contributed by atoms with Gasteiger partial charge in [0.25, 0.3) is 0 Å². The summed E-state index contributed by atoms with van der Waals surface area (Å²) >= 11 is 0. The third-order valence-electron chi connectivity index (χ3n) is 5.84. The number of ketones is 2. The second-order valence-electron chi connectivity index (χ2n) is 8.24. The summed E-state index contributed by atoms with van der Waals surface area (Å²) in [7, 11) is 0. The number of aromatic nitrogens is 4. The first-order chi connectivity index (χ1) is 15.7. The topological polar surface area (TPSA) is 68.7 Å². The lowest BCUT2D eigenvalue weighted by molar-refractivity contribution is 0.0968. The van der Waals surface area contributed by atoms with E-state index in [9.17, 15) is 9.59 Å². The van der Waals surface area contributed by atoms with Crippen LogP contribution in [0, 0.1) is 0 Å². The van der Waals surface area contributed by atoms with Gasteiger partial charge < -0.3 is 0 Å². The van der Waals surface area contributed by atoms with Gasteiger partial charge in [0.2, 0.25) is 0 Å². The van der Waals surface area contributed by atoms with Crippen LogP contribution in [0.3, 0.4) is 0 Å². The fourth-order valence-electron chi connectivity index (χ4n) is 4.11. The molecule has 0 N–H and O–H groups in total. The minimum Gasteiger partial charge on any atom is -0.296 e. The monoisotopic (exact) mass is 430 g/mol. The van der Waals surface area contributed by atoms with Crippen LogP contribution in [-0.4, -0.2) is 30.3 Å². The van der Waals surface area contributed by atoms with Gasteiger partial charge in [-0.1, -0.05) is 51.7 Å². The molecule has 166 valence electrons. The zero-order valence-electron chi connectivity index (χ0n) is 18.9. The summed E-state index contributed by atoms with van der Waals surface area (Å²) in [5, 5.41) is 0. The number of rotatable bonds is 11. The van der Waals surface area contributed by atoms with Crippen LogP contribution in [0.25, 0.3) is 22.7 Å². The van der Waals surface area contributed by atoms with Gasteiger partial charge in [0, 0.05) is 25.2 Å². The maximum absolute atomic E-state index is 12.9. The van der Waals surface area contributed by atoms with Crippen molar-refractivity contribution in [2.45, 2.75) is 65.2 Å². The second kappa shape index (κ2) is 9.90. The van der Waals surface area contributed by atoms with Gasteiger partial charge in [0.15, 0.2) is 23.2 Å². The predicted octanol–water partition coefficient (Wildman–Crippen LogP) is 6.18. The Morgan fingerprint density at radius 1 is 0.688 bits per heavy atom. The van der Waals surface area contributed by atoms with Crippen LogP contribution in [0.15, 0.2) is 48.8 Å². The maximum Gasteiger partial charge on any atom is 0.183 e. The van der Waals surface area contributed by atoms with Gasteiger partial charge in [-0.25, -0.2) is 9.97 Å². The molecule has 0 saturated carbocycles. The summed E-state index contributed by atoms with van der Waals surface area (Å²) < 4.78 is 3.81. The van der Waals surface area contributed by atoms with Gasteiger partial charge in [0.05, 0.1) is 11.0 Å². The molecule has 0 amide bonds. The molecule has 0 aromatic carbocycles. The molecule has 32 heavy (non-hydrogen) atoms. The lowest BCUT2D eigenvalue weighted by atomic mass is 10.1. The molecule has 0 radical (unpaired) electrons. The van der Waals surface area contributed by atoms with E-state index in [0.717, 1.165) is 49.6 Å². The normalized spacial score (nSPS) is 11.4. The van der Waals surface area contributed by atoms with E-state index in [2.05, 4.69) is 13.8 Å². The highest BCUT2D eigenvalue weighted by Crippen LogP contribution is 2.27. The van der Waals surface area contributed by atoms with Crippen molar-refractivity contribution in [2.75, 3.05) is 0 Å². The van der Waals surface area contributed by atoms with Crippen molar-refractivity contribution in [1.29, 1.82) is 0 Å². The number of Topliss-reactive ketones (excluding diaryl/α,β-unsaturated/α-hetero) is 2. The van der Waals surface area contributed by atoms with Crippen molar-refractivity contribution in [3.05, 3.63) is 60.2 Å². The van der Waals surface area contributed by atoms with Crippen molar-refractivity contribution in [3.8, 4) is 11.6 Å². The Hall–Kier alpha value is -3.28. The quantitative estimate of drug-likeness (QED) is 0.211. The van der Waals surface area contributed by atoms with Crippen molar-refractivity contribution < 1.29 is 9.59 Å². The molecule has 4 aromatic heterocycles. The molecular weight excluding hydrogens is 400 g/mol. The molecule has 4 heterocycles. The van der Waals surface area contributed by atoms with Crippen LogP contribution in [0.4, 0.5) is 0 Å². The number of imidazole rings is 2. The molecule has 0 saturated heterocycles. The first-order valence-electron chi connectivity index (χ1n) is 11.7. The SMILES string of the molecule is CCCCCC(=O)c1nc(-c2nc(C(=O)CCCCC)c3ccccn23)n2ccccc12. The Balaban J connectivity index is 1.80. The summed E-state index contributed by atoms with van der Waals surface area (Å²) in [6, 6.07) is 11.5. The second-order valence-corrected chi connectivity index (χ2v) is 8.24. The molecule has 4 rings (SSSR count). The molecule has 0 aliphatic carbocycles. The highest BCUT2D eigenvalue weighted by molar-refractivity contribution is 6.03. The molecular formula is C26H30N4O2. The van der Waals surface area contributed by atoms with Crippen molar-refractivity contribution in [1.82, 2.24) is 18.8 Å². The highest BCUT2D eigenvalue weighted by atomic mass is 16.1. The number of unbranched alkanes of at least 4 members (excludes halogenated alkanes) is 4. The predicted molar refractivity (Wildman–Crippen MR) is 126 cm³/mol. The van der Waals surface area contributed by atoms with Gasteiger partial charge in [-0.05, 0) is 37.1 Å². The lowest BCUT2D eigenvalue weighted by Gasteiger charge is -2.00. The van der Waals surface area contributed by atoms with Crippen LogP contribution in [0.5, 0.6) is 0 Å². The van der Waals surface area contributed by atoms with Crippen molar-refractivity contribution in [2.24, 2.45) is 0 Å². The Morgan fingerprint density at radius 2 is 1.12 bits per heavy atom. The summed E-state index contributed by atoms with van der Waals surface area (Å²) in [6.45, 7) is 4.25. The van der Waals surface area contributed by atoms with Crippen LogP contribution in [0.1, 0.15) is 86.2 Å². The number of fused-ring (bicyclic) bond motifs is 2. The Bertz CT molecular complexity index is 1150. The van der Waals surface area contributed by atoms with Crippen LogP contribution >= 0.6 is 0 Å². The van der Waals surface area contributed by atoms with Crippen molar-refractivity contribution in [3.63, 3.8) is 0 Å². The average Bonchev–Trinajstić information content (AvgIpc) is 3.38. The van der Waals surface area contributed by atoms with Crippen molar-refractivity contribution >= 4 is 22.6 Å².